The SMILES string of the molecule is CC(=O)CC(=O)OCCCC(C)C. The number of Topliss-reactive ketones (excluding diaryl/α,β-unsaturated/α-hetero) is 1. The van der Waals surface area contributed by atoms with Gasteiger partial charge in [-0.1, -0.05) is 13.8 Å². The minimum atomic E-state index is -0.406. The number of hydrogen-bond donors (Lipinski definition) is 0. The van der Waals surface area contributed by atoms with Crippen molar-refractivity contribution in [3.05, 3.63) is 0 Å². The van der Waals surface area contributed by atoms with Crippen LogP contribution in [0.15, 0.2) is 0 Å². The molecule has 76 valence electrons. The predicted molar refractivity (Wildman–Crippen MR) is 50.3 cm³/mol. The van der Waals surface area contributed by atoms with Gasteiger partial charge in [-0.25, -0.2) is 0 Å². The third-order valence-corrected chi connectivity index (χ3v) is 1.58. The number of carbonyl (C=O) groups excluding carboxylic acids is 2. The van der Waals surface area contributed by atoms with Gasteiger partial charge in [0.25, 0.3) is 0 Å². The molecule has 0 unspecified atom stereocenters. The van der Waals surface area contributed by atoms with Crippen LogP contribution in [-0.4, -0.2) is 18.4 Å². The van der Waals surface area contributed by atoms with E-state index in [0.29, 0.717) is 12.5 Å². The second kappa shape index (κ2) is 6.63. The average molecular weight is 186 g/mol. The standard InChI is InChI=1S/C10H18O3/c1-8(2)5-4-6-13-10(12)7-9(3)11/h8H,4-7H2,1-3H3. The highest BCUT2D eigenvalue weighted by Crippen LogP contribution is 2.03. The van der Waals surface area contributed by atoms with Gasteiger partial charge in [0, 0.05) is 0 Å². The molecule has 0 aromatic rings. The molecular weight excluding hydrogens is 168 g/mol. The molecule has 0 aliphatic carbocycles. The molecule has 0 saturated carbocycles. The van der Waals surface area contributed by atoms with Crippen molar-refractivity contribution in [3.8, 4) is 0 Å². The summed E-state index contributed by atoms with van der Waals surface area (Å²) < 4.78 is 4.84. The van der Waals surface area contributed by atoms with E-state index >= 15 is 0 Å². The van der Waals surface area contributed by atoms with E-state index in [9.17, 15) is 9.59 Å². The van der Waals surface area contributed by atoms with Gasteiger partial charge >= 0.3 is 5.97 Å². The maximum Gasteiger partial charge on any atom is 0.313 e. The Bertz CT molecular complexity index is 173. The van der Waals surface area contributed by atoms with Crippen molar-refractivity contribution < 1.29 is 14.3 Å². The van der Waals surface area contributed by atoms with Gasteiger partial charge in [-0.15, -0.1) is 0 Å². The van der Waals surface area contributed by atoms with Gasteiger partial charge in [0.1, 0.15) is 12.2 Å². The third kappa shape index (κ3) is 9.05. The summed E-state index contributed by atoms with van der Waals surface area (Å²) in [4.78, 5) is 21.3. The van der Waals surface area contributed by atoms with Gasteiger partial charge in [0.15, 0.2) is 0 Å². The Balaban J connectivity index is 3.32. The van der Waals surface area contributed by atoms with Crippen LogP contribution in [0.5, 0.6) is 0 Å². The molecule has 0 bridgehead atoms. The van der Waals surface area contributed by atoms with Crippen LogP contribution in [0.2, 0.25) is 0 Å². The molecule has 0 amide bonds. The number of ketones is 1. The zero-order valence-electron chi connectivity index (χ0n) is 8.63. The van der Waals surface area contributed by atoms with Crippen molar-refractivity contribution in [2.75, 3.05) is 6.61 Å². The van der Waals surface area contributed by atoms with E-state index in [1.54, 1.807) is 0 Å². The summed E-state index contributed by atoms with van der Waals surface area (Å²) in [6.45, 7) is 6.06. The van der Waals surface area contributed by atoms with Crippen LogP contribution in [-0.2, 0) is 14.3 Å². The Kier molecular flexibility index (Phi) is 6.20. The fourth-order valence-electron chi connectivity index (χ4n) is 0.932. The first-order valence-electron chi connectivity index (χ1n) is 4.67. The Morgan fingerprint density at radius 1 is 1.31 bits per heavy atom. The quantitative estimate of drug-likeness (QED) is 0.362. The van der Waals surface area contributed by atoms with Gasteiger partial charge in [-0.2, -0.15) is 0 Å². The number of carbonyl (C=O) groups is 2. The van der Waals surface area contributed by atoms with Crippen LogP contribution < -0.4 is 0 Å². The van der Waals surface area contributed by atoms with Gasteiger partial charge < -0.3 is 4.74 Å². The number of ether oxygens (including phenoxy) is 1. The minimum absolute atomic E-state index is 0.0956. The van der Waals surface area contributed by atoms with Crippen LogP contribution in [0.3, 0.4) is 0 Å². The number of hydrogen-bond acceptors (Lipinski definition) is 3. The summed E-state index contributed by atoms with van der Waals surface area (Å²) in [5, 5.41) is 0. The topological polar surface area (TPSA) is 43.4 Å². The lowest BCUT2D eigenvalue weighted by molar-refractivity contribution is -0.145. The Hall–Kier alpha value is -0.860. The lowest BCUT2D eigenvalue weighted by Crippen LogP contribution is -2.10. The normalized spacial score (nSPS) is 10.2. The van der Waals surface area contributed by atoms with Crippen LogP contribution in [0, 0.1) is 5.92 Å². The van der Waals surface area contributed by atoms with Crippen LogP contribution in [0.1, 0.15) is 40.0 Å². The van der Waals surface area contributed by atoms with Crippen LogP contribution >= 0.6 is 0 Å². The molecule has 3 heteroatoms. The molecule has 0 spiro atoms. The van der Waals surface area contributed by atoms with E-state index in [1.165, 1.54) is 6.92 Å². The molecule has 0 rings (SSSR count). The summed E-state index contributed by atoms with van der Waals surface area (Å²) in [6, 6.07) is 0. The second-order valence-corrected chi connectivity index (χ2v) is 3.64. The predicted octanol–water partition coefficient (Wildman–Crippen LogP) is 1.94. The third-order valence-electron chi connectivity index (χ3n) is 1.58. The number of esters is 1. The Morgan fingerprint density at radius 2 is 1.92 bits per heavy atom. The van der Waals surface area contributed by atoms with Crippen molar-refractivity contribution in [2.45, 2.75) is 40.0 Å². The van der Waals surface area contributed by atoms with Crippen LogP contribution in [0.25, 0.3) is 0 Å². The van der Waals surface area contributed by atoms with E-state index in [1.807, 2.05) is 0 Å². The summed E-state index contributed by atoms with van der Waals surface area (Å²) in [5.41, 5.74) is 0. The molecule has 0 aromatic carbocycles. The van der Waals surface area contributed by atoms with Gasteiger partial charge in [-0.3, -0.25) is 9.59 Å². The smallest absolute Gasteiger partial charge is 0.313 e. The van der Waals surface area contributed by atoms with Crippen molar-refractivity contribution in [2.24, 2.45) is 5.92 Å². The second-order valence-electron chi connectivity index (χ2n) is 3.64. The first-order chi connectivity index (χ1) is 6.02. The average Bonchev–Trinajstić information content (AvgIpc) is 1.96. The van der Waals surface area contributed by atoms with Gasteiger partial charge in [-0.05, 0) is 25.7 Å². The lowest BCUT2D eigenvalue weighted by Gasteiger charge is -2.05. The van der Waals surface area contributed by atoms with E-state index in [2.05, 4.69) is 13.8 Å². The fraction of sp³-hybridized carbons (Fsp3) is 0.800. The summed E-state index contributed by atoms with van der Waals surface area (Å²) in [6.07, 6.45) is 1.83. The largest absolute Gasteiger partial charge is 0.465 e. The molecule has 0 radical (unpaired) electrons. The molecule has 0 fully saturated rings. The van der Waals surface area contributed by atoms with E-state index in [0.717, 1.165) is 12.8 Å². The first-order valence-corrected chi connectivity index (χ1v) is 4.67. The van der Waals surface area contributed by atoms with Crippen molar-refractivity contribution in [1.29, 1.82) is 0 Å². The Labute approximate surface area is 79.5 Å². The van der Waals surface area contributed by atoms with E-state index in [-0.39, 0.29) is 12.2 Å². The highest BCUT2D eigenvalue weighted by Gasteiger charge is 2.05. The summed E-state index contributed by atoms with van der Waals surface area (Å²) in [7, 11) is 0. The van der Waals surface area contributed by atoms with E-state index in [4.69, 9.17) is 4.74 Å². The molecule has 13 heavy (non-hydrogen) atoms. The van der Waals surface area contributed by atoms with Crippen LogP contribution in [0.4, 0.5) is 0 Å². The fourth-order valence-corrected chi connectivity index (χ4v) is 0.932. The molecule has 3 nitrogen and oxygen atoms in total. The lowest BCUT2D eigenvalue weighted by atomic mass is 10.1. The van der Waals surface area contributed by atoms with Gasteiger partial charge in [0.05, 0.1) is 6.61 Å². The molecular formula is C10H18O3. The highest BCUT2D eigenvalue weighted by molar-refractivity contribution is 5.94. The minimum Gasteiger partial charge on any atom is -0.465 e. The first kappa shape index (κ1) is 12.1. The molecule has 0 heterocycles. The zero-order valence-corrected chi connectivity index (χ0v) is 8.63. The Morgan fingerprint density at radius 3 is 2.38 bits per heavy atom. The molecule has 0 aliphatic rings. The van der Waals surface area contributed by atoms with Crippen molar-refractivity contribution in [3.63, 3.8) is 0 Å². The maximum atomic E-state index is 10.9. The van der Waals surface area contributed by atoms with Crippen molar-refractivity contribution in [1.82, 2.24) is 0 Å². The molecule has 0 aliphatic heterocycles. The summed E-state index contributed by atoms with van der Waals surface area (Å²) in [5.74, 6) is 0.0802. The molecule has 0 atom stereocenters. The number of rotatable bonds is 6. The maximum absolute atomic E-state index is 10.9. The summed E-state index contributed by atoms with van der Waals surface area (Å²) >= 11 is 0. The van der Waals surface area contributed by atoms with E-state index < -0.39 is 5.97 Å². The molecule has 0 aromatic heterocycles. The highest BCUT2D eigenvalue weighted by atomic mass is 16.5. The molecule has 0 saturated heterocycles. The molecule has 0 N–H and O–H groups in total. The zero-order chi connectivity index (χ0) is 10.3. The monoisotopic (exact) mass is 186 g/mol. The van der Waals surface area contributed by atoms with Crippen molar-refractivity contribution >= 4 is 11.8 Å². The van der Waals surface area contributed by atoms with Gasteiger partial charge in [0.2, 0.25) is 0 Å².